The second-order valence-corrected chi connectivity index (χ2v) is 9.01. The van der Waals surface area contributed by atoms with Gasteiger partial charge in [0.15, 0.2) is 5.60 Å². The zero-order valence-corrected chi connectivity index (χ0v) is 19.7. The van der Waals surface area contributed by atoms with Gasteiger partial charge in [0.2, 0.25) is 0 Å². The molecule has 0 radical (unpaired) electrons. The Bertz CT molecular complexity index is 1370. The first kappa shape index (κ1) is 23.3. The summed E-state index contributed by atoms with van der Waals surface area (Å²) in [5.41, 5.74) is 0.753. The van der Waals surface area contributed by atoms with E-state index in [1.807, 2.05) is 30.3 Å². The molecule has 1 N–H and O–H groups in total. The number of hydrogen-bond donors (Lipinski definition) is 1. The Labute approximate surface area is 198 Å². The number of nitrogens with zero attached hydrogens (tertiary/aromatic N) is 3. The Morgan fingerprint density at radius 2 is 1.65 bits per heavy atom. The molecule has 1 heterocycles. The fourth-order valence-electron chi connectivity index (χ4n) is 3.88. The number of rotatable bonds is 9. The van der Waals surface area contributed by atoms with Crippen LogP contribution in [0.3, 0.4) is 0 Å². The zero-order chi connectivity index (χ0) is 24.3. The number of benzene rings is 3. The van der Waals surface area contributed by atoms with Crippen LogP contribution in [0, 0.1) is 0 Å². The number of ether oxygens (including phenoxy) is 1. The number of aliphatic carboxylic acids is 1. The third kappa shape index (κ3) is 5.20. The van der Waals surface area contributed by atoms with Gasteiger partial charge in [0.05, 0.1) is 6.54 Å². The molecule has 0 aliphatic rings. The molecule has 4 rings (SSSR count). The summed E-state index contributed by atoms with van der Waals surface area (Å²) in [6, 6.07) is 21.8. The molecule has 1 aromatic heterocycles. The fraction of sp³-hybridized carbons (Fsp3) is 0.296. The van der Waals surface area contributed by atoms with E-state index in [0.29, 0.717) is 18.7 Å². The lowest BCUT2D eigenvalue weighted by Gasteiger charge is -2.21. The van der Waals surface area contributed by atoms with E-state index in [0.717, 1.165) is 35.2 Å². The summed E-state index contributed by atoms with van der Waals surface area (Å²) >= 11 is 0. The first-order chi connectivity index (χ1) is 16.2. The number of carbonyl (C=O) groups is 1. The Morgan fingerprint density at radius 1 is 0.971 bits per heavy atom. The van der Waals surface area contributed by atoms with E-state index in [1.165, 1.54) is 23.9 Å². The third-order valence-electron chi connectivity index (χ3n) is 5.95. The molecule has 176 valence electrons. The van der Waals surface area contributed by atoms with Crippen LogP contribution in [0.15, 0.2) is 71.5 Å². The van der Waals surface area contributed by atoms with Crippen LogP contribution in [0.4, 0.5) is 0 Å². The molecule has 0 fully saturated rings. The molecule has 34 heavy (non-hydrogen) atoms. The first-order valence-corrected chi connectivity index (χ1v) is 11.3. The average Bonchev–Trinajstić information content (AvgIpc) is 3.07. The van der Waals surface area contributed by atoms with Crippen LogP contribution < -0.4 is 10.4 Å². The van der Waals surface area contributed by atoms with Crippen LogP contribution in [-0.2, 0) is 31.2 Å². The van der Waals surface area contributed by atoms with Crippen LogP contribution in [0.5, 0.6) is 5.75 Å². The molecule has 7 heteroatoms. The van der Waals surface area contributed by atoms with Gasteiger partial charge in [-0.05, 0) is 66.8 Å². The second-order valence-electron chi connectivity index (χ2n) is 9.01. The number of fused-ring (bicyclic) bond motifs is 1. The highest BCUT2D eigenvalue weighted by Gasteiger charge is 2.29. The summed E-state index contributed by atoms with van der Waals surface area (Å²) < 4.78 is 8.69. The van der Waals surface area contributed by atoms with Crippen molar-refractivity contribution in [3.8, 4) is 5.75 Å². The maximum absolute atomic E-state index is 12.7. The minimum Gasteiger partial charge on any atom is -0.478 e. The van der Waals surface area contributed by atoms with Gasteiger partial charge in [0.25, 0.3) is 0 Å². The maximum Gasteiger partial charge on any atom is 0.347 e. The van der Waals surface area contributed by atoms with Crippen molar-refractivity contribution in [2.75, 3.05) is 0 Å². The monoisotopic (exact) mass is 459 g/mol. The highest BCUT2D eigenvalue weighted by Crippen LogP contribution is 2.20. The van der Waals surface area contributed by atoms with E-state index in [4.69, 9.17) is 4.74 Å². The number of carboxylic acids is 1. The Hall–Kier alpha value is -3.87. The minimum atomic E-state index is -1.28. The van der Waals surface area contributed by atoms with Gasteiger partial charge in [0, 0.05) is 13.5 Å². The highest BCUT2D eigenvalue weighted by molar-refractivity contribution is 5.83. The molecule has 0 aliphatic carbocycles. The average molecular weight is 460 g/mol. The number of carboxylic acid groups (broad SMARTS) is 1. The largest absolute Gasteiger partial charge is 0.478 e. The van der Waals surface area contributed by atoms with Crippen LogP contribution in [0.2, 0.25) is 0 Å². The van der Waals surface area contributed by atoms with Crippen LogP contribution >= 0.6 is 0 Å². The van der Waals surface area contributed by atoms with Gasteiger partial charge >= 0.3 is 11.7 Å². The first-order valence-electron chi connectivity index (χ1n) is 11.3. The number of aromatic nitrogens is 3. The molecule has 0 amide bonds. The molecule has 0 atom stereocenters. The van der Waals surface area contributed by atoms with Gasteiger partial charge in [-0.1, -0.05) is 48.5 Å². The second kappa shape index (κ2) is 9.55. The molecule has 4 aromatic rings. The van der Waals surface area contributed by atoms with Gasteiger partial charge in [-0.15, -0.1) is 0 Å². The number of hydrogen-bond acceptors (Lipinski definition) is 4. The van der Waals surface area contributed by atoms with Gasteiger partial charge in [-0.25, -0.2) is 14.3 Å². The van der Waals surface area contributed by atoms with Gasteiger partial charge in [0.1, 0.15) is 11.6 Å². The van der Waals surface area contributed by atoms with Crippen molar-refractivity contribution in [2.45, 2.75) is 45.3 Å². The molecule has 0 unspecified atom stereocenters. The molecular weight excluding hydrogens is 430 g/mol. The quantitative estimate of drug-likeness (QED) is 0.405. The molecule has 0 spiro atoms. The van der Waals surface area contributed by atoms with E-state index in [-0.39, 0.29) is 5.69 Å². The van der Waals surface area contributed by atoms with Crippen molar-refractivity contribution in [1.82, 2.24) is 14.3 Å². The van der Waals surface area contributed by atoms with Crippen molar-refractivity contribution in [3.63, 3.8) is 0 Å². The summed E-state index contributed by atoms with van der Waals surface area (Å²) in [4.78, 5) is 23.9. The lowest BCUT2D eigenvalue weighted by molar-refractivity contribution is -0.152. The molecule has 0 bridgehead atoms. The highest BCUT2D eigenvalue weighted by atomic mass is 16.5. The van der Waals surface area contributed by atoms with Crippen LogP contribution in [0.1, 0.15) is 37.2 Å². The lowest BCUT2D eigenvalue weighted by Crippen LogP contribution is -2.37. The summed E-state index contributed by atoms with van der Waals surface area (Å²) in [6.07, 6.45) is 2.33. The van der Waals surface area contributed by atoms with Crippen LogP contribution in [-0.4, -0.2) is 31.0 Å². The molecule has 0 saturated heterocycles. The van der Waals surface area contributed by atoms with E-state index in [9.17, 15) is 14.7 Å². The zero-order valence-electron chi connectivity index (χ0n) is 19.7. The van der Waals surface area contributed by atoms with Crippen LogP contribution in [0.25, 0.3) is 10.8 Å². The molecule has 0 saturated carbocycles. The topological polar surface area (TPSA) is 86.3 Å². The summed E-state index contributed by atoms with van der Waals surface area (Å²) in [5.74, 6) is 0.266. The van der Waals surface area contributed by atoms with E-state index < -0.39 is 11.6 Å². The molecular formula is C27H29N3O4. The van der Waals surface area contributed by atoms with Crippen molar-refractivity contribution >= 4 is 16.7 Å². The minimum absolute atomic E-state index is 0.120. The van der Waals surface area contributed by atoms with Gasteiger partial charge in [-0.2, -0.15) is 5.10 Å². The predicted octanol–water partition coefficient (Wildman–Crippen LogP) is 4.20. The molecule has 0 aliphatic heterocycles. The lowest BCUT2D eigenvalue weighted by atomic mass is 10.1. The van der Waals surface area contributed by atoms with Crippen molar-refractivity contribution in [1.29, 1.82) is 0 Å². The molecule has 3 aromatic carbocycles. The third-order valence-corrected chi connectivity index (χ3v) is 5.95. The predicted molar refractivity (Wildman–Crippen MR) is 131 cm³/mol. The maximum atomic E-state index is 12.7. The molecule has 7 nitrogen and oxygen atoms in total. The standard InChI is InChI=1S/C27H29N3O4/c1-27(2,25(31)32)34-23-15-12-19(13-16-23)7-6-10-24-28-30(26(33)29(24)3)18-20-11-14-21-8-4-5-9-22(21)17-20/h4-5,8-9,11-17H,6-7,10,18H2,1-3H3,(H,31,32). The Kier molecular flexibility index (Phi) is 6.54. The van der Waals surface area contributed by atoms with E-state index in [1.54, 1.807) is 23.7 Å². The summed E-state index contributed by atoms with van der Waals surface area (Å²) in [7, 11) is 1.76. The van der Waals surface area contributed by atoms with E-state index >= 15 is 0 Å². The smallest absolute Gasteiger partial charge is 0.347 e. The Balaban J connectivity index is 1.37. The fourth-order valence-corrected chi connectivity index (χ4v) is 3.88. The number of aryl methyl sites for hydroxylation is 2. The Morgan fingerprint density at radius 3 is 2.35 bits per heavy atom. The normalized spacial score (nSPS) is 11.6. The summed E-state index contributed by atoms with van der Waals surface area (Å²) in [6.45, 7) is 3.48. The summed E-state index contributed by atoms with van der Waals surface area (Å²) in [5, 5.41) is 16.1. The van der Waals surface area contributed by atoms with Gasteiger partial charge < -0.3 is 9.84 Å². The van der Waals surface area contributed by atoms with E-state index in [2.05, 4.69) is 29.4 Å². The van der Waals surface area contributed by atoms with Crippen molar-refractivity contribution in [2.24, 2.45) is 7.05 Å². The van der Waals surface area contributed by atoms with Crippen molar-refractivity contribution < 1.29 is 14.6 Å². The van der Waals surface area contributed by atoms with Gasteiger partial charge in [-0.3, -0.25) is 4.57 Å². The SMILES string of the molecule is Cn1c(CCCc2ccc(OC(C)(C)C(=O)O)cc2)nn(Cc2ccc3ccccc3c2)c1=O. The van der Waals surface area contributed by atoms with Crippen molar-refractivity contribution in [3.05, 3.63) is 94.2 Å².